The molecule has 1 atom stereocenters. The van der Waals surface area contributed by atoms with Crippen molar-refractivity contribution in [2.45, 2.75) is 6.04 Å². The van der Waals surface area contributed by atoms with E-state index in [0.29, 0.717) is 33.7 Å². The standard InChI is InChI=1S/C18H18ClN3O5S/c19-15-6-5-14(28-15)18(26)21-12(9-23)17(25)20-11-3-1-2-4-13(11)22-7-8-27-10-16(22)24/h1-6,12,23H,7-10H2,(H,20,25)(H,21,26)/t12-/m1/s1. The topological polar surface area (TPSA) is 108 Å². The van der Waals surface area contributed by atoms with E-state index in [1.54, 1.807) is 30.3 Å². The smallest absolute Gasteiger partial charge is 0.262 e. The van der Waals surface area contributed by atoms with Crippen LogP contribution in [-0.2, 0) is 14.3 Å². The maximum Gasteiger partial charge on any atom is 0.262 e. The summed E-state index contributed by atoms with van der Waals surface area (Å²) in [4.78, 5) is 38.8. The van der Waals surface area contributed by atoms with Crippen molar-refractivity contribution in [1.29, 1.82) is 0 Å². The lowest BCUT2D eigenvalue weighted by molar-refractivity contribution is -0.125. The first kappa shape index (κ1) is 20.3. The fraction of sp³-hybridized carbons (Fsp3) is 0.278. The lowest BCUT2D eigenvalue weighted by atomic mass is 10.2. The summed E-state index contributed by atoms with van der Waals surface area (Å²) in [6, 6.07) is 8.76. The van der Waals surface area contributed by atoms with Crippen molar-refractivity contribution < 1.29 is 24.2 Å². The molecule has 3 rings (SSSR count). The number of aliphatic hydroxyl groups excluding tert-OH is 1. The number of morpholine rings is 1. The molecule has 3 amide bonds. The number of hydrogen-bond donors (Lipinski definition) is 3. The molecule has 2 aromatic rings. The summed E-state index contributed by atoms with van der Waals surface area (Å²) in [5, 5.41) is 14.7. The van der Waals surface area contributed by atoms with Crippen LogP contribution in [0.2, 0.25) is 4.34 Å². The Bertz CT molecular complexity index is 888. The molecule has 1 aromatic carbocycles. The van der Waals surface area contributed by atoms with Gasteiger partial charge in [0.2, 0.25) is 5.91 Å². The predicted octanol–water partition coefficient (Wildman–Crippen LogP) is 1.49. The lowest BCUT2D eigenvalue weighted by Gasteiger charge is -2.29. The summed E-state index contributed by atoms with van der Waals surface area (Å²) >= 11 is 6.89. The van der Waals surface area contributed by atoms with Crippen molar-refractivity contribution in [3.8, 4) is 0 Å². The highest BCUT2D eigenvalue weighted by atomic mass is 35.5. The number of aliphatic hydroxyl groups is 1. The quantitative estimate of drug-likeness (QED) is 0.652. The van der Waals surface area contributed by atoms with Gasteiger partial charge in [-0.25, -0.2) is 0 Å². The molecule has 0 aliphatic carbocycles. The van der Waals surface area contributed by atoms with Crippen molar-refractivity contribution >= 4 is 52.0 Å². The van der Waals surface area contributed by atoms with E-state index in [0.717, 1.165) is 11.3 Å². The second kappa shape index (κ2) is 9.16. The monoisotopic (exact) mass is 423 g/mol. The number of carbonyl (C=O) groups is 3. The average molecular weight is 424 g/mol. The van der Waals surface area contributed by atoms with Crippen LogP contribution in [0.1, 0.15) is 9.67 Å². The first-order valence-corrected chi connectivity index (χ1v) is 9.64. The van der Waals surface area contributed by atoms with E-state index in [1.807, 2.05) is 0 Å². The highest BCUT2D eigenvalue weighted by Gasteiger charge is 2.25. The molecule has 8 nitrogen and oxygen atoms in total. The normalized spacial score (nSPS) is 15.2. The third-order valence-corrected chi connectivity index (χ3v) is 5.27. The van der Waals surface area contributed by atoms with Crippen LogP contribution in [0.5, 0.6) is 0 Å². The van der Waals surface area contributed by atoms with Crippen molar-refractivity contribution in [3.63, 3.8) is 0 Å². The minimum atomic E-state index is -1.16. The Kier molecular flexibility index (Phi) is 6.63. The molecular weight excluding hydrogens is 406 g/mol. The van der Waals surface area contributed by atoms with Gasteiger partial charge in [-0.05, 0) is 24.3 Å². The summed E-state index contributed by atoms with van der Waals surface area (Å²) in [5.74, 6) is -1.33. The Labute approximate surface area is 170 Å². The molecule has 0 bridgehead atoms. The fourth-order valence-corrected chi connectivity index (χ4v) is 3.61. The van der Waals surface area contributed by atoms with Crippen LogP contribution in [-0.4, -0.2) is 55.2 Å². The molecule has 148 valence electrons. The molecule has 28 heavy (non-hydrogen) atoms. The molecule has 0 spiro atoms. The van der Waals surface area contributed by atoms with E-state index in [-0.39, 0.29) is 12.5 Å². The summed E-state index contributed by atoms with van der Waals surface area (Å²) in [7, 11) is 0. The third kappa shape index (κ3) is 4.68. The number of hydrogen-bond acceptors (Lipinski definition) is 6. The Morgan fingerprint density at radius 3 is 2.75 bits per heavy atom. The van der Waals surface area contributed by atoms with Crippen molar-refractivity contribution in [1.82, 2.24) is 5.32 Å². The van der Waals surface area contributed by atoms with Gasteiger partial charge in [0.15, 0.2) is 0 Å². The van der Waals surface area contributed by atoms with E-state index in [9.17, 15) is 19.5 Å². The Hall–Kier alpha value is -2.46. The second-order valence-electron chi connectivity index (χ2n) is 5.92. The number of thiophene rings is 1. The number of halogens is 1. The predicted molar refractivity (Wildman–Crippen MR) is 106 cm³/mol. The maximum atomic E-state index is 12.6. The van der Waals surface area contributed by atoms with E-state index in [2.05, 4.69) is 10.6 Å². The number of para-hydroxylation sites is 2. The lowest BCUT2D eigenvalue weighted by Crippen LogP contribution is -2.46. The van der Waals surface area contributed by atoms with E-state index < -0.39 is 24.5 Å². The first-order chi connectivity index (χ1) is 13.5. The first-order valence-electron chi connectivity index (χ1n) is 8.44. The van der Waals surface area contributed by atoms with Crippen molar-refractivity contribution in [3.05, 3.63) is 45.6 Å². The summed E-state index contributed by atoms with van der Waals surface area (Å²) < 4.78 is 5.57. The van der Waals surface area contributed by atoms with Gasteiger partial charge >= 0.3 is 0 Å². The molecule has 10 heteroatoms. The minimum Gasteiger partial charge on any atom is -0.394 e. The number of carbonyl (C=O) groups excluding carboxylic acids is 3. The largest absolute Gasteiger partial charge is 0.394 e. The van der Waals surface area contributed by atoms with E-state index in [1.165, 1.54) is 11.0 Å². The van der Waals surface area contributed by atoms with Crippen LogP contribution in [0.3, 0.4) is 0 Å². The van der Waals surface area contributed by atoms with Gasteiger partial charge in [-0.2, -0.15) is 0 Å². The van der Waals surface area contributed by atoms with Gasteiger partial charge in [0.05, 0.1) is 33.8 Å². The van der Waals surface area contributed by atoms with Crippen molar-refractivity contribution in [2.24, 2.45) is 0 Å². The zero-order chi connectivity index (χ0) is 20.1. The number of nitrogens with one attached hydrogen (secondary N) is 2. The van der Waals surface area contributed by atoms with Gasteiger partial charge in [-0.3, -0.25) is 14.4 Å². The summed E-state index contributed by atoms with van der Waals surface area (Å²) in [5.41, 5.74) is 0.923. The molecule has 1 fully saturated rings. The minimum absolute atomic E-state index is 0.0268. The zero-order valence-electron chi connectivity index (χ0n) is 14.7. The zero-order valence-corrected chi connectivity index (χ0v) is 16.3. The number of rotatable bonds is 6. The number of ether oxygens (including phenoxy) is 1. The molecule has 0 radical (unpaired) electrons. The number of anilines is 2. The van der Waals surface area contributed by atoms with E-state index >= 15 is 0 Å². The average Bonchev–Trinajstić information content (AvgIpc) is 3.13. The van der Waals surface area contributed by atoms with Gasteiger partial charge in [-0.15, -0.1) is 11.3 Å². The van der Waals surface area contributed by atoms with Crippen LogP contribution in [0.4, 0.5) is 11.4 Å². The molecule has 1 saturated heterocycles. The highest BCUT2D eigenvalue weighted by molar-refractivity contribution is 7.18. The SMILES string of the molecule is O=C(N[C@H](CO)C(=O)Nc1ccccc1N1CCOCC1=O)c1ccc(Cl)s1. The second-order valence-corrected chi connectivity index (χ2v) is 7.63. The molecule has 1 aliphatic heterocycles. The van der Waals surface area contributed by atoms with Gasteiger partial charge in [0, 0.05) is 6.54 Å². The van der Waals surface area contributed by atoms with Gasteiger partial charge < -0.3 is 25.4 Å². The van der Waals surface area contributed by atoms with E-state index in [4.69, 9.17) is 16.3 Å². The Balaban J connectivity index is 1.72. The van der Waals surface area contributed by atoms with Gasteiger partial charge in [0.1, 0.15) is 12.6 Å². The Morgan fingerprint density at radius 2 is 2.07 bits per heavy atom. The molecule has 0 saturated carbocycles. The Morgan fingerprint density at radius 1 is 1.29 bits per heavy atom. The third-order valence-electron chi connectivity index (χ3n) is 4.04. The van der Waals surface area contributed by atoms with Crippen LogP contribution in [0, 0.1) is 0 Å². The van der Waals surface area contributed by atoms with Crippen LogP contribution in [0.25, 0.3) is 0 Å². The van der Waals surface area contributed by atoms with Crippen LogP contribution >= 0.6 is 22.9 Å². The molecule has 1 aromatic heterocycles. The molecule has 2 heterocycles. The maximum absolute atomic E-state index is 12.6. The molecule has 3 N–H and O–H groups in total. The molecular formula is C18H18ClN3O5S. The number of nitrogens with zero attached hydrogens (tertiary/aromatic N) is 1. The number of amides is 3. The molecule has 0 unspecified atom stereocenters. The fourth-order valence-electron chi connectivity index (χ4n) is 2.67. The highest BCUT2D eigenvalue weighted by Crippen LogP contribution is 2.27. The van der Waals surface area contributed by atoms with Gasteiger partial charge in [-0.1, -0.05) is 23.7 Å². The van der Waals surface area contributed by atoms with Crippen molar-refractivity contribution in [2.75, 3.05) is 36.6 Å². The van der Waals surface area contributed by atoms with Crippen LogP contribution < -0.4 is 15.5 Å². The summed E-state index contributed by atoms with van der Waals surface area (Å²) in [6.07, 6.45) is 0. The molecule has 1 aliphatic rings. The van der Waals surface area contributed by atoms with Gasteiger partial charge in [0.25, 0.3) is 11.8 Å². The summed E-state index contributed by atoms with van der Waals surface area (Å²) in [6.45, 7) is 0.147. The number of benzene rings is 1. The van der Waals surface area contributed by atoms with Crippen LogP contribution in [0.15, 0.2) is 36.4 Å².